The van der Waals surface area contributed by atoms with Crippen LogP contribution in [0.15, 0.2) is 36.5 Å². The van der Waals surface area contributed by atoms with Gasteiger partial charge in [-0.15, -0.1) is 6.58 Å². The van der Waals surface area contributed by atoms with E-state index >= 15 is 0 Å². The third-order valence-corrected chi connectivity index (χ3v) is 3.91. The van der Waals surface area contributed by atoms with Crippen LogP contribution in [0.5, 0.6) is 0 Å². The van der Waals surface area contributed by atoms with E-state index in [0.717, 1.165) is 38.6 Å². The fourth-order valence-corrected chi connectivity index (χ4v) is 2.69. The molecule has 1 unspecified atom stereocenters. The Labute approximate surface area is 124 Å². The molecule has 1 atom stereocenters. The van der Waals surface area contributed by atoms with E-state index in [0.29, 0.717) is 5.92 Å². The van der Waals surface area contributed by atoms with Gasteiger partial charge in [-0.1, -0.05) is 29.9 Å². The fraction of sp³-hybridized carbons (Fsp3) is 0.611. The van der Waals surface area contributed by atoms with Gasteiger partial charge in [-0.05, 0) is 63.7 Å². The lowest BCUT2D eigenvalue weighted by Crippen LogP contribution is -2.15. The second-order valence-electron chi connectivity index (χ2n) is 5.56. The Morgan fingerprint density at radius 3 is 2.90 bits per heavy atom. The molecule has 0 aromatic heterocycles. The third kappa shape index (κ3) is 7.98. The van der Waals surface area contributed by atoms with Crippen molar-refractivity contribution in [2.75, 3.05) is 6.54 Å². The number of carbonyl (C=O) groups excluding carboxylic acids is 1. The van der Waals surface area contributed by atoms with E-state index in [4.69, 9.17) is 0 Å². The SMILES string of the molecule is C=CCCC(/C=C\CCC1=CCCCC1)CCNC=O. The van der Waals surface area contributed by atoms with E-state index in [9.17, 15) is 4.79 Å². The molecule has 1 aliphatic rings. The van der Waals surface area contributed by atoms with Crippen molar-refractivity contribution in [3.63, 3.8) is 0 Å². The highest BCUT2D eigenvalue weighted by molar-refractivity contribution is 5.45. The number of hydrogen-bond acceptors (Lipinski definition) is 1. The monoisotopic (exact) mass is 275 g/mol. The van der Waals surface area contributed by atoms with Gasteiger partial charge >= 0.3 is 0 Å². The number of carbonyl (C=O) groups is 1. The number of rotatable bonds is 11. The minimum atomic E-state index is 0.556. The number of amides is 1. The summed E-state index contributed by atoms with van der Waals surface area (Å²) in [6.07, 6.45) is 20.7. The molecule has 1 N–H and O–H groups in total. The standard InChI is InChI=1S/C18H29NO/c1-2-3-9-18(14-15-19-16-20)13-8-7-12-17-10-5-4-6-11-17/h2,8,10,13,16,18H,1,3-7,9,11-12,14-15H2,(H,19,20)/b13-8-. The Hall–Kier alpha value is -1.31. The molecule has 0 spiro atoms. The van der Waals surface area contributed by atoms with Crippen molar-refractivity contribution >= 4 is 6.41 Å². The van der Waals surface area contributed by atoms with Crippen LogP contribution in [-0.2, 0) is 4.79 Å². The summed E-state index contributed by atoms with van der Waals surface area (Å²) in [5.41, 5.74) is 1.64. The highest BCUT2D eigenvalue weighted by Crippen LogP contribution is 2.22. The molecule has 2 nitrogen and oxygen atoms in total. The molecular weight excluding hydrogens is 246 g/mol. The average Bonchev–Trinajstić information content (AvgIpc) is 2.49. The van der Waals surface area contributed by atoms with Crippen molar-refractivity contribution in [2.45, 2.75) is 57.8 Å². The quantitative estimate of drug-likeness (QED) is 0.335. The number of allylic oxidation sites excluding steroid dienone is 5. The maximum atomic E-state index is 10.3. The van der Waals surface area contributed by atoms with Crippen LogP contribution in [0.3, 0.4) is 0 Å². The molecule has 1 amide bonds. The van der Waals surface area contributed by atoms with Gasteiger partial charge < -0.3 is 5.32 Å². The van der Waals surface area contributed by atoms with Crippen LogP contribution in [0.4, 0.5) is 0 Å². The van der Waals surface area contributed by atoms with E-state index in [2.05, 4.69) is 30.1 Å². The van der Waals surface area contributed by atoms with Gasteiger partial charge in [0.2, 0.25) is 6.41 Å². The summed E-state index contributed by atoms with van der Waals surface area (Å²) >= 11 is 0. The Balaban J connectivity index is 2.26. The molecular formula is C18H29NO. The molecule has 0 saturated heterocycles. The van der Waals surface area contributed by atoms with E-state index in [-0.39, 0.29) is 0 Å². The summed E-state index contributed by atoms with van der Waals surface area (Å²) in [5, 5.41) is 2.75. The van der Waals surface area contributed by atoms with Gasteiger partial charge in [0.25, 0.3) is 0 Å². The van der Waals surface area contributed by atoms with Crippen molar-refractivity contribution < 1.29 is 4.79 Å². The molecule has 20 heavy (non-hydrogen) atoms. The van der Waals surface area contributed by atoms with Gasteiger partial charge in [-0.25, -0.2) is 0 Å². The molecule has 0 aromatic carbocycles. The lowest BCUT2D eigenvalue weighted by molar-refractivity contribution is -0.109. The molecule has 1 aliphatic carbocycles. The van der Waals surface area contributed by atoms with E-state index in [1.54, 1.807) is 5.57 Å². The molecule has 0 aliphatic heterocycles. The van der Waals surface area contributed by atoms with Crippen LogP contribution >= 0.6 is 0 Å². The van der Waals surface area contributed by atoms with E-state index in [1.807, 2.05) is 6.08 Å². The van der Waals surface area contributed by atoms with Crippen LogP contribution in [0.1, 0.15) is 57.8 Å². The number of hydrogen-bond donors (Lipinski definition) is 1. The molecule has 0 bridgehead atoms. The molecule has 1 rings (SSSR count). The first-order valence-corrected chi connectivity index (χ1v) is 7.99. The van der Waals surface area contributed by atoms with Crippen molar-refractivity contribution in [3.8, 4) is 0 Å². The largest absolute Gasteiger partial charge is 0.359 e. The van der Waals surface area contributed by atoms with Gasteiger partial charge in [0, 0.05) is 6.54 Å². The number of nitrogens with one attached hydrogen (secondary N) is 1. The Bertz CT molecular complexity index is 330. The summed E-state index contributed by atoms with van der Waals surface area (Å²) < 4.78 is 0. The lowest BCUT2D eigenvalue weighted by Gasteiger charge is -2.12. The third-order valence-electron chi connectivity index (χ3n) is 3.91. The van der Waals surface area contributed by atoms with Crippen molar-refractivity contribution in [2.24, 2.45) is 5.92 Å². The van der Waals surface area contributed by atoms with Crippen LogP contribution in [0.25, 0.3) is 0 Å². The molecule has 112 valence electrons. The lowest BCUT2D eigenvalue weighted by atomic mass is 9.95. The summed E-state index contributed by atoms with van der Waals surface area (Å²) in [7, 11) is 0. The van der Waals surface area contributed by atoms with Gasteiger partial charge in [0.1, 0.15) is 0 Å². The molecule has 0 saturated carbocycles. The van der Waals surface area contributed by atoms with Gasteiger partial charge in [-0.3, -0.25) is 4.79 Å². The zero-order valence-electron chi connectivity index (χ0n) is 12.7. The van der Waals surface area contributed by atoms with Crippen LogP contribution < -0.4 is 5.32 Å². The molecule has 0 fully saturated rings. The summed E-state index contributed by atoms with van der Waals surface area (Å²) in [5.74, 6) is 0.556. The molecule has 2 heteroatoms. The van der Waals surface area contributed by atoms with Crippen molar-refractivity contribution in [3.05, 3.63) is 36.5 Å². The summed E-state index contributed by atoms with van der Waals surface area (Å²) in [6.45, 7) is 4.55. The normalized spacial score (nSPS) is 16.7. The van der Waals surface area contributed by atoms with Crippen molar-refractivity contribution in [1.82, 2.24) is 5.32 Å². The second-order valence-corrected chi connectivity index (χ2v) is 5.56. The minimum absolute atomic E-state index is 0.556. The maximum Gasteiger partial charge on any atom is 0.207 e. The average molecular weight is 275 g/mol. The second kappa shape index (κ2) is 11.5. The Morgan fingerprint density at radius 1 is 1.30 bits per heavy atom. The first kappa shape index (κ1) is 16.7. The van der Waals surface area contributed by atoms with Gasteiger partial charge in [-0.2, -0.15) is 0 Å². The van der Waals surface area contributed by atoms with Crippen molar-refractivity contribution in [1.29, 1.82) is 0 Å². The summed E-state index contributed by atoms with van der Waals surface area (Å²) in [6, 6.07) is 0. The fourth-order valence-electron chi connectivity index (χ4n) is 2.69. The first-order valence-electron chi connectivity index (χ1n) is 7.99. The van der Waals surface area contributed by atoms with Gasteiger partial charge in [0.05, 0.1) is 0 Å². The molecule has 0 aromatic rings. The van der Waals surface area contributed by atoms with Crippen LogP contribution in [-0.4, -0.2) is 13.0 Å². The Morgan fingerprint density at radius 2 is 2.20 bits per heavy atom. The minimum Gasteiger partial charge on any atom is -0.359 e. The highest BCUT2D eigenvalue weighted by atomic mass is 16.1. The molecule has 0 radical (unpaired) electrons. The van der Waals surface area contributed by atoms with Gasteiger partial charge in [0.15, 0.2) is 0 Å². The predicted molar refractivity (Wildman–Crippen MR) is 86.5 cm³/mol. The topological polar surface area (TPSA) is 29.1 Å². The van der Waals surface area contributed by atoms with Crippen LogP contribution in [0.2, 0.25) is 0 Å². The Kier molecular flexibility index (Phi) is 9.64. The highest BCUT2D eigenvalue weighted by Gasteiger charge is 2.04. The zero-order chi connectivity index (χ0) is 14.5. The van der Waals surface area contributed by atoms with E-state index in [1.165, 1.54) is 32.1 Å². The molecule has 0 heterocycles. The summed E-state index contributed by atoms with van der Waals surface area (Å²) in [4.78, 5) is 10.3. The zero-order valence-corrected chi connectivity index (χ0v) is 12.7. The smallest absolute Gasteiger partial charge is 0.207 e. The van der Waals surface area contributed by atoms with Crippen LogP contribution in [0, 0.1) is 5.92 Å². The predicted octanol–water partition coefficient (Wildman–Crippen LogP) is 4.54. The maximum absolute atomic E-state index is 10.3. The first-order chi connectivity index (χ1) is 9.86. The van der Waals surface area contributed by atoms with E-state index < -0.39 is 0 Å².